The zero-order valence-corrected chi connectivity index (χ0v) is 15.3. The van der Waals surface area contributed by atoms with Crippen LogP contribution in [-0.2, 0) is 21.2 Å². The Kier molecular flexibility index (Phi) is 7.58. The summed E-state index contributed by atoms with van der Waals surface area (Å²) in [5.74, 6) is -0.509. The fraction of sp³-hybridized carbons (Fsp3) is 0.533. The number of halogens is 3. The summed E-state index contributed by atoms with van der Waals surface area (Å²) in [5, 5.41) is 5.68. The number of carbonyl (C=O) groups excluding carboxylic acids is 1. The lowest BCUT2D eigenvalue weighted by molar-refractivity contribution is -0.124. The van der Waals surface area contributed by atoms with Crippen molar-refractivity contribution in [2.75, 3.05) is 19.3 Å². The lowest BCUT2D eigenvalue weighted by Gasteiger charge is -2.34. The fourth-order valence-electron chi connectivity index (χ4n) is 2.73. The molecule has 0 aromatic heterocycles. The molecule has 1 aliphatic heterocycles. The van der Waals surface area contributed by atoms with Crippen LogP contribution >= 0.6 is 12.4 Å². The molecular weight excluding hydrogens is 378 g/mol. The maximum atomic E-state index is 12.5. The molecule has 0 radical (unpaired) electrons. The SMILES string of the molecule is CS(=O)(=O)C1(C(=O)NCc2ccc(OC(F)F)cc2)CCNCC1.Cl. The summed E-state index contributed by atoms with van der Waals surface area (Å²) in [6.07, 6.45) is 1.52. The van der Waals surface area contributed by atoms with Crippen LogP contribution in [0.4, 0.5) is 8.78 Å². The molecule has 1 aliphatic rings. The quantitative estimate of drug-likeness (QED) is 0.758. The first-order chi connectivity index (χ1) is 11.2. The number of benzene rings is 1. The van der Waals surface area contributed by atoms with Crippen molar-refractivity contribution in [3.63, 3.8) is 0 Å². The third kappa shape index (κ3) is 5.26. The molecule has 25 heavy (non-hydrogen) atoms. The first kappa shape index (κ1) is 21.6. The van der Waals surface area contributed by atoms with Gasteiger partial charge >= 0.3 is 6.61 Å². The zero-order chi connectivity index (χ0) is 17.8. The summed E-state index contributed by atoms with van der Waals surface area (Å²) in [5.41, 5.74) is 0.655. The van der Waals surface area contributed by atoms with Gasteiger partial charge in [0.15, 0.2) is 14.6 Å². The summed E-state index contributed by atoms with van der Waals surface area (Å²) in [6, 6.07) is 5.80. The lowest BCUT2D eigenvalue weighted by Crippen LogP contribution is -2.57. The van der Waals surface area contributed by atoms with Crippen LogP contribution in [0.15, 0.2) is 24.3 Å². The molecular formula is C15H21ClF2N2O4S. The Morgan fingerprint density at radius 1 is 1.28 bits per heavy atom. The van der Waals surface area contributed by atoms with E-state index >= 15 is 0 Å². The smallest absolute Gasteiger partial charge is 0.387 e. The lowest BCUT2D eigenvalue weighted by atomic mass is 9.95. The van der Waals surface area contributed by atoms with E-state index in [1.807, 2.05) is 0 Å². The number of sulfone groups is 1. The average Bonchev–Trinajstić information content (AvgIpc) is 2.53. The predicted molar refractivity (Wildman–Crippen MR) is 91.8 cm³/mol. The fourth-order valence-corrected chi connectivity index (χ4v) is 4.08. The highest BCUT2D eigenvalue weighted by atomic mass is 35.5. The summed E-state index contributed by atoms with van der Waals surface area (Å²) >= 11 is 0. The second kappa shape index (κ2) is 8.77. The van der Waals surface area contributed by atoms with Gasteiger partial charge in [0.05, 0.1) is 0 Å². The monoisotopic (exact) mass is 398 g/mol. The molecule has 6 nitrogen and oxygen atoms in total. The van der Waals surface area contributed by atoms with Crippen molar-refractivity contribution in [1.29, 1.82) is 0 Å². The van der Waals surface area contributed by atoms with Crippen molar-refractivity contribution in [3.05, 3.63) is 29.8 Å². The molecule has 2 N–H and O–H groups in total. The number of rotatable bonds is 6. The van der Waals surface area contributed by atoms with Gasteiger partial charge in [0, 0.05) is 12.8 Å². The van der Waals surface area contributed by atoms with E-state index in [-0.39, 0.29) is 37.5 Å². The molecule has 1 aromatic rings. The van der Waals surface area contributed by atoms with Gasteiger partial charge in [0.2, 0.25) is 5.91 Å². The van der Waals surface area contributed by atoms with Gasteiger partial charge in [-0.15, -0.1) is 12.4 Å². The van der Waals surface area contributed by atoms with Gasteiger partial charge < -0.3 is 15.4 Å². The van der Waals surface area contributed by atoms with E-state index in [1.54, 1.807) is 0 Å². The van der Waals surface area contributed by atoms with E-state index in [9.17, 15) is 22.0 Å². The number of carbonyl (C=O) groups is 1. The molecule has 0 saturated carbocycles. The molecule has 142 valence electrons. The molecule has 0 aliphatic carbocycles. The van der Waals surface area contributed by atoms with Gasteiger partial charge in [0.1, 0.15) is 5.75 Å². The van der Waals surface area contributed by atoms with Crippen LogP contribution in [0.2, 0.25) is 0 Å². The molecule has 0 unspecified atom stereocenters. The van der Waals surface area contributed by atoms with Crippen molar-refractivity contribution in [2.45, 2.75) is 30.7 Å². The van der Waals surface area contributed by atoms with Gasteiger partial charge in [-0.1, -0.05) is 12.1 Å². The number of piperidine rings is 1. The standard InChI is InChI=1S/C15H20F2N2O4S.ClH/c1-24(21,22)15(6-8-18-9-7-15)13(20)19-10-11-2-4-12(5-3-11)23-14(16)17;/h2-5,14,18H,6-10H2,1H3,(H,19,20);1H. The summed E-state index contributed by atoms with van der Waals surface area (Å²) in [4.78, 5) is 12.5. The van der Waals surface area contributed by atoms with E-state index in [0.29, 0.717) is 18.7 Å². The highest BCUT2D eigenvalue weighted by Gasteiger charge is 2.48. The second-order valence-corrected chi connectivity index (χ2v) is 8.05. The number of hydrogen-bond donors (Lipinski definition) is 2. The van der Waals surface area contributed by atoms with Crippen LogP contribution in [0, 0.1) is 0 Å². The third-order valence-corrected chi connectivity index (χ3v) is 6.15. The minimum atomic E-state index is -3.57. The zero-order valence-electron chi connectivity index (χ0n) is 13.6. The predicted octanol–water partition coefficient (Wildman–Crippen LogP) is 1.49. The summed E-state index contributed by atoms with van der Waals surface area (Å²) < 4.78 is 51.3. The number of alkyl halides is 2. The van der Waals surface area contributed by atoms with Crippen LogP contribution in [0.1, 0.15) is 18.4 Å². The van der Waals surface area contributed by atoms with Crippen molar-refractivity contribution >= 4 is 28.2 Å². The van der Waals surface area contributed by atoms with Gasteiger partial charge in [0.25, 0.3) is 0 Å². The minimum absolute atomic E-state index is 0. The summed E-state index contributed by atoms with van der Waals surface area (Å²) in [6.45, 7) is -1.87. The normalized spacial score (nSPS) is 16.8. The molecule has 2 rings (SSSR count). The van der Waals surface area contributed by atoms with Crippen LogP contribution < -0.4 is 15.4 Å². The summed E-state index contributed by atoms with van der Waals surface area (Å²) in [7, 11) is -3.57. The molecule has 0 atom stereocenters. The molecule has 0 spiro atoms. The van der Waals surface area contributed by atoms with E-state index < -0.39 is 27.1 Å². The molecule has 1 aromatic carbocycles. The van der Waals surface area contributed by atoms with Crippen LogP contribution in [-0.4, -0.2) is 45.0 Å². The van der Waals surface area contributed by atoms with E-state index in [1.165, 1.54) is 24.3 Å². The first-order valence-corrected chi connectivity index (χ1v) is 9.36. The Balaban J connectivity index is 0.00000312. The van der Waals surface area contributed by atoms with Crippen LogP contribution in [0.3, 0.4) is 0 Å². The Morgan fingerprint density at radius 3 is 2.32 bits per heavy atom. The second-order valence-electron chi connectivity index (χ2n) is 5.72. The van der Waals surface area contributed by atoms with E-state index in [2.05, 4.69) is 15.4 Å². The highest BCUT2D eigenvalue weighted by Crippen LogP contribution is 2.28. The number of amides is 1. The van der Waals surface area contributed by atoms with E-state index in [4.69, 9.17) is 0 Å². The van der Waals surface area contributed by atoms with Crippen molar-refractivity contribution in [1.82, 2.24) is 10.6 Å². The molecule has 1 saturated heterocycles. The molecule has 0 bridgehead atoms. The van der Waals surface area contributed by atoms with Crippen LogP contribution in [0.25, 0.3) is 0 Å². The van der Waals surface area contributed by atoms with Crippen molar-refractivity contribution in [3.8, 4) is 5.75 Å². The van der Waals surface area contributed by atoms with Gasteiger partial charge in [-0.05, 0) is 43.6 Å². The molecule has 10 heteroatoms. The molecule has 1 amide bonds. The number of hydrogen-bond acceptors (Lipinski definition) is 5. The maximum Gasteiger partial charge on any atom is 0.387 e. The Hall–Kier alpha value is -1.45. The average molecular weight is 399 g/mol. The molecule has 1 heterocycles. The van der Waals surface area contributed by atoms with Gasteiger partial charge in [-0.3, -0.25) is 4.79 Å². The van der Waals surface area contributed by atoms with Gasteiger partial charge in [-0.2, -0.15) is 8.78 Å². The highest BCUT2D eigenvalue weighted by molar-refractivity contribution is 7.92. The Morgan fingerprint density at radius 2 is 1.84 bits per heavy atom. The first-order valence-electron chi connectivity index (χ1n) is 7.47. The maximum absolute atomic E-state index is 12.5. The number of ether oxygens (including phenoxy) is 1. The third-order valence-electron chi connectivity index (χ3n) is 4.14. The van der Waals surface area contributed by atoms with Crippen molar-refractivity contribution < 1.29 is 26.7 Å². The largest absolute Gasteiger partial charge is 0.435 e. The van der Waals surface area contributed by atoms with Crippen LogP contribution in [0.5, 0.6) is 5.75 Å². The number of nitrogens with one attached hydrogen (secondary N) is 2. The van der Waals surface area contributed by atoms with E-state index in [0.717, 1.165) is 6.26 Å². The van der Waals surface area contributed by atoms with Gasteiger partial charge in [-0.25, -0.2) is 8.42 Å². The Labute approximate surface area is 151 Å². The topological polar surface area (TPSA) is 84.5 Å². The molecule has 1 fully saturated rings. The van der Waals surface area contributed by atoms with Crippen molar-refractivity contribution in [2.24, 2.45) is 0 Å². The minimum Gasteiger partial charge on any atom is -0.435 e. The Bertz CT molecular complexity index is 677.